The lowest BCUT2D eigenvalue weighted by Crippen LogP contribution is -2.26. The minimum absolute atomic E-state index is 0.186. The molecule has 1 atom stereocenters. The average molecular weight is 250 g/mol. The molecule has 0 aromatic carbocycles. The van der Waals surface area contributed by atoms with Crippen LogP contribution in [0.4, 0.5) is 5.69 Å². The standard InChI is InChI=1S/C12H18N4O2/c1-9(2)15-11-6-12(17)16(14-8-11)4-5-18-10(3)7-13/h6,8-10,15H,4-5H2,1-3H3. The summed E-state index contributed by atoms with van der Waals surface area (Å²) in [5.74, 6) is 0. The predicted molar refractivity (Wildman–Crippen MR) is 68.3 cm³/mol. The Labute approximate surface area is 106 Å². The maximum Gasteiger partial charge on any atom is 0.268 e. The summed E-state index contributed by atoms with van der Waals surface area (Å²) < 4.78 is 6.48. The van der Waals surface area contributed by atoms with Gasteiger partial charge in [-0.2, -0.15) is 10.4 Å². The quantitative estimate of drug-likeness (QED) is 0.814. The van der Waals surface area contributed by atoms with Crippen molar-refractivity contribution in [3.8, 4) is 6.07 Å². The third-order valence-electron chi connectivity index (χ3n) is 2.18. The van der Waals surface area contributed by atoms with Crippen LogP contribution in [0.1, 0.15) is 20.8 Å². The largest absolute Gasteiger partial charge is 0.381 e. The van der Waals surface area contributed by atoms with Crippen molar-refractivity contribution in [3.63, 3.8) is 0 Å². The smallest absolute Gasteiger partial charge is 0.268 e. The molecule has 0 aliphatic heterocycles. The van der Waals surface area contributed by atoms with Crippen LogP contribution in [0.25, 0.3) is 0 Å². The Bertz CT molecular complexity index is 476. The predicted octanol–water partition coefficient (Wildman–Crippen LogP) is 0.992. The summed E-state index contributed by atoms with van der Waals surface area (Å²) in [6, 6.07) is 3.71. The van der Waals surface area contributed by atoms with Crippen molar-refractivity contribution >= 4 is 5.69 Å². The number of anilines is 1. The Morgan fingerprint density at radius 1 is 1.56 bits per heavy atom. The van der Waals surface area contributed by atoms with Crippen LogP contribution in [0.2, 0.25) is 0 Å². The van der Waals surface area contributed by atoms with Gasteiger partial charge in [0.05, 0.1) is 31.1 Å². The highest BCUT2D eigenvalue weighted by atomic mass is 16.5. The van der Waals surface area contributed by atoms with Crippen molar-refractivity contribution in [2.24, 2.45) is 0 Å². The summed E-state index contributed by atoms with van der Waals surface area (Å²) >= 11 is 0. The molecule has 1 rings (SSSR count). The molecule has 0 fully saturated rings. The minimum atomic E-state index is -0.470. The van der Waals surface area contributed by atoms with Gasteiger partial charge in [0.1, 0.15) is 6.10 Å². The number of aromatic nitrogens is 2. The zero-order chi connectivity index (χ0) is 13.5. The Kier molecular flexibility index (Phi) is 5.33. The van der Waals surface area contributed by atoms with Crippen LogP contribution in [0.15, 0.2) is 17.1 Å². The molecule has 0 spiro atoms. The second-order valence-electron chi connectivity index (χ2n) is 4.25. The maximum atomic E-state index is 11.7. The fourth-order valence-corrected chi connectivity index (χ4v) is 1.37. The van der Waals surface area contributed by atoms with Gasteiger partial charge in [0.25, 0.3) is 5.56 Å². The Balaban J connectivity index is 2.58. The molecular weight excluding hydrogens is 232 g/mol. The molecule has 0 saturated heterocycles. The molecule has 1 N–H and O–H groups in total. The highest BCUT2D eigenvalue weighted by molar-refractivity contribution is 5.39. The van der Waals surface area contributed by atoms with Crippen LogP contribution < -0.4 is 10.9 Å². The van der Waals surface area contributed by atoms with Crippen molar-refractivity contribution in [1.29, 1.82) is 5.26 Å². The van der Waals surface area contributed by atoms with Crippen LogP contribution in [0.5, 0.6) is 0 Å². The minimum Gasteiger partial charge on any atom is -0.381 e. The van der Waals surface area contributed by atoms with Gasteiger partial charge in [0, 0.05) is 12.1 Å². The maximum absolute atomic E-state index is 11.7. The third-order valence-corrected chi connectivity index (χ3v) is 2.18. The topological polar surface area (TPSA) is 79.9 Å². The number of ether oxygens (including phenoxy) is 1. The molecule has 6 nitrogen and oxygen atoms in total. The van der Waals surface area contributed by atoms with Gasteiger partial charge in [0.15, 0.2) is 0 Å². The Hall–Kier alpha value is -1.87. The van der Waals surface area contributed by atoms with Crippen LogP contribution in [0, 0.1) is 11.3 Å². The van der Waals surface area contributed by atoms with E-state index in [0.29, 0.717) is 18.8 Å². The van der Waals surface area contributed by atoms with E-state index in [1.165, 1.54) is 10.7 Å². The van der Waals surface area contributed by atoms with Crippen LogP contribution in [-0.2, 0) is 11.3 Å². The molecule has 1 unspecified atom stereocenters. The summed E-state index contributed by atoms with van der Waals surface area (Å²) in [4.78, 5) is 11.7. The van der Waals surface area contributed by atoms with Gasteiger partial charge in [-0.3, -0.25) is 4.79 Å². The van der Waals surface area contributed by atoms with E-state index in [1.54, 1.807) is 13.1 Å². The fourth-order valence-electron chi connectivity index (χ4n) is 1.37. The molecule has 18 heavy (non-hydrogen) atoms. The third kappa shape index (κ3) is 4.55. The summed E-state index contributed by atoms with van der Waals surface area (Å²) in [5, 5.41) is 15.7. The number of nitrogens with one attached hydrogen (secondary N) is 1. The molecule has 1 aromatic heterocycles. The molecule has 1 heterocycles. The van der Waals surface area contributed by atoms with Crippen LogP contribution in [0.3, 0.4) is 0 Å². The lowest BCUT2D eigenvalue weighted by atomic mass is 10.3. The van der Waals surface area contributed by atoms with Gasteiger partial charge >= 0.3 is 0 Å². The molecule has 0 amide bonds. The zero-order valence-electron chi connectivity index (χ0n) is 10.9. The summed E-state index contributed by atoms with van der Waals surface area (Å²) in [6.07, 6.45) is 1.14. The van der Waals surface area contributed by atoms with E-state index in [2.05, 4.69) is 10.4 Å². The number of nitriles is 1. The molecule has 1 aromatic rings. The fraction of sp³-hybridized carbons (Fsp3) is 0.583. The zero-order valence-corrected chi connectivity index (χ0v) is 10.9. The van der Waals surface area contributed by atoms with Crippen molar-refractivity contribution in [3.05, 3.63) is 22.6 Å². The van der Waals surface area contributed by atoms with E-state index in [1.807, 2.05) is 19.9 Å². The molecular formula is C12H18N4O2. The van der Waals surface area contributed by atoms with E-state index in [4.69, 9.17) is 10.00 Å². The summed E-state index contributed by atoms with van der Waals surface area (Å²) in [5.41, 5.74) is 0.520. The monoisotopic (exact) mass is 250 g/mol. The lowest BCUT2D eigenvalue weighted by molar-refractivity contribution is 0.0922. The average Bonchev–Trinajstić information content (AvgIpc) is 2.31. The number of hydrogen-bond acceptors (Lipinski definition) is 5. The Morgan fingerprint density at radius 3 is 2.83 bits per heavy atom. The first-order valence-corrected chi connectivity index (χ1v) is 5.88. The molecule has 98 valence electrons. The normalized spacial score (nSPS) is 12.2. The first-order valence-electron chi connectivity index (χ1n) is 5.88. The first kappa shape index (κ1) is 14.2. The van der Waals surface area contributed by atoms with Gasteiger partial charge in [-0.25, -0.2) is 4.68 Å². The summed E-state index contributed by atoms with van der Waals surface area (Å²) in [6.45, 7) is 6.27. The van der Waals surface area contributed by atoms with Crippen molar-refractivity contribution in [2.45, 2.75) is 39.5 Å². The molecule has 0 bridgehead atoms. The van der Waals surface area contributed by atoms with Gasteiger partial charge in [-0.05, 0) is 20.8 Å². The molecule has 0 aliphatic carbocycles. The van der Waals surface area contributed by atoms with E-state index in [0.717, 1.165) is 0 Å². The molecule has 0 saturated carbocycles. The lowest BCUT2D eigenvalue weighted by Gasteiger charge is -2.11. The van der Waals surface area contributed by atoms with Crippen LogP contribution >= 0.6 is 0 Å². The van der Waals surface area contributed by atoms with Gasteiger partial charge in [-0.1, -0.05) is 0 Å². The molecule has 0 radical (unpaired) electrons. The van der Waals surface area contributed by atoms with Gasteiger partial charge < -0.3 is 10.1 Å². The second-order valence-corrected chi connectivity index (χ2v) is 4.25. The van der Waals surface area contributed by atoms with E-state index in [-0.39, 0.29) is 11.6 Å². The van der Waals surface area contributed by atoms with Crippen molar-refractivity contribution in [2.75, 3.05) is 11.9 Å². The second kappa shape index (κ2) is 6.77. The van der Waals surface area contributed by atoms with Gasteiger partial charge in [0.2, 0.25) is 0 Å². The highest BCUT2D eigenvalue weighted by Crippen LogP contribution is 2.01. The summed E-state index contributed by atoms with van der Waals surface area (Å²) in [7, 11) is 0. The number of rotatable bonds is 6. The Morgan fingerprint density at radius 2 is 2.28 bits per heavy atom. The number of nitrogens with zero attached hydrogens (tertiary/aromatic N) is 3. The number of hydrogen-bond donors (Lipinski definition) is 1. The van der Waals surface area contributed by atoms with Crippen LogP contribution in [-0.4, -0.2) is 28.5 Å². The molecule has 0 aliphatic rings. The SMILES string of the molecule is CC(C)Nc1cnn(CCOC(C)C#N)c(=O)c1. The van der Waals surface area contributed by atoms with E-state index in [9.17, 15) is 4.79 Å². The van der Waals surface area contributed by atoms with Crippen molar-refractivity contribution < 1.29 is 4.74 Å². The van der Waals surface area contributed by atoms with Crippen molar-refractivity contribution in [1.82, 2.24) is 9.78 Å². The molecule has 6 heteroatoms. The highest BCUT2D eigenvalue weighted by Gasteiger charge is 2.03. The first-order chi connectivity index (χ1) is 8.52. The van der Waals surface area contributed by atoms with E-state index < -0.39 is 6.10 Å². The van der Waals surface area contributed by atoms with Gasteiger partial charge in [-0.15, -0.1) is 0 Å². The van der Waals surface area contributed by atoms with E-state index >= 15 is 0 Å².